The van der Waals surface area contributed by atoms with Gasteiger partial charge in [0.05, 0.1) is 47.1 Å². The van der Waals surface area contributed by atoms with Crippen LogP contribution in [0.4, 0.5) is 5.69 Å². The molecule has 2 N–H and O–H groups in total. The van der Waals surface area contributed by atoms with E-state index in [1.165, 1.54) is 18.2 Å². The van der Waals surface area contributed by atoms with Crippen LogP contribution in [0, 0.1) is 0 Å². The summed E-state index contributed by atoms with van der Waals surface area (Å²) in [7, 11) is -0.974. The predicted octanol–water partition coefficient (Wildman–Crippen LogP) is 5.56. The number of nitrogens with zero attached hydrogens (tertiary/aromatic N) is 1. The molecule has 4 aromatic carbocycles. The summed E-state index contributed by atoms with van der Waals surface area (Å²) in [6.45, 7) is 0.577. The second-order valence-corrected chi connectivity index (χ2v) is 12.6. The van der Waals surface area contributed by atoms with Crippen molar-refractivity contribution in [2.24, 2.45) is 0 Å². The zero-order chi connectivity index (χ0) is 30.6. The van der Waals surface area contributed by atoms with Gasteiger partial charge in [0, 0.05) is 11.6 Å². The third kappa shape index (κ3) is 6.69. The van der Waals surface area contributed by atoms with E-state index in [2.05, 4.69) is 10.0 Å². The van der Waals surface area contributed by atoms with E-state index >= 15 is 0 Å². The minimum absolute atomic E-state index is 0.0326. The number of methoxy groups -OCH3 is 2. The predicted molar refractivity (Wildman–Crippen MR) is 169 cm³/mol. The molecule has 0 aliphatic rings. The van der Waals surface area contributed by atoms with Crippen LogP contribution in [0.5, 0.6) is 11.5 Å². The first-order valence-corrected chi connectivity index (χ1v) is 15.9. The number of benzene rings is 4. The second kappa shape index (κ2) is 12.9. The number of sulfonamides is 1. The molecule has 0 radical (unpaired) electrons. The van der Waals surface area contributed by atoms with Crippen LogP contribution in [-0.4, -0.2) is 39.7 Å². The number of aromatic nitrogens is 1. The van der Waals surface area contributed by atoms with Crippen molar-refractivity contribution in [2.45, 2.75) is 17.9 Å². The molecular formula is C31H28ClN3O6S2. The summed E-state index contributed by atoms with van der Waals surface area (Å²) in [4.78, 5) is 25.6. The first kappa shape index (κ1) is 30.1. The number of halogens is 1. The molecule has 0 fully saturated rings. The van der Waals surface area contributed by atoms with E-state index in [4.69, 9.17) is 21.1 Å². The number of ether oxygens (including phenoxy) is 2. The molecule has 0 saturated heterocycles. The Morgan fingerprint density at radius 1 is 0.930 bits per heavy atom. The summed E-state index contributed by atoms with van der Waals surface area (Å²) < 4.78 is 42.0. The Kier molecular flexibility index (Phi) is 9.05. The van der Waals surface area contributed by atoms with Crippen molar-refractivity contribution in [3.63, 3.8) is 0 Å². The molecular weight excluding hydrogens is 610 g/mol. The quantitative estimate of drug-likeness (QED) is 0.196. The number of rotatable bonds is 11. The number of nitrogens with one attached hydrogen (secondary N) is 2. The Balaban J connectivity index is 1.31. The highest BCUT2D eigenvalue weighted by atomic mass is 35.5. The zero-order valence-electron chi connectivity index (χ0n) is 23.3. The highest BCUT2D eigenvalue weighted by Gasteiger charge is 2.20. The maximum absolute atomic E-state index is 13.4. The normalized spacial score (nSPS) is 11.3. The monoisotopic (exact) mass is 637 g/mol. The zero-order valence-corrected chi connectivity index (χ0v) is 25.7. The summed E-state index contributed by atoms with van der Waals surface area (Å²) in [6.07, 6.45) is 0.527. The summed E-state index contributed by atoms with van der Waals surface area (Å²) in [5.41, 5.74) is 2.63. The number of carbonyl (C=O) groups excluding carboxylic acids is 1. The first-order chi connectivity index (χ1) is 20.7. The van der Waals surface area contributed by atoms with Gasteiger partial charge in [0.15, 0.2) is 11.5 Å². The number of anilines is 1. The van der Waals surface area contributed by atoms with Crippen LogP contribution in [0.3, 0.4) is 0 Å². The summed E-state index contributed by atoms with van der Waals surface area (Å²) in [5, 5.41) is 3.39. The summed E-state index contributed by atoms with van der Waals surface area (Å²) >= 11 is 7.24. The van der Waals surface area contributed by atoms with Crippen LogP contribution >= 0.6 is 22.9 Å². The molecule has 43 heavy (non-hydrogen) atoms. The van der Waals surface area contributed by atoms with Crippen molar-refractivity contribution in [2.75, 3.05) is 25.5 Å². The van der Waals surface area contributed by atoms with Gasteiger partial charge in [0.1, 0.15) is 0 Å². The van der Waals surface area contributed by atoms with Crippen LogP contribution < -0.4 is 24.4 Å². The van der Waals surface area contributed by atoms with Gasteiger partial charge in [-0.3, -0.25) is 18.9 Å². The lowest BCUT2D eigenvalue weighted by molar-refractivity contribution is 0.0955. The van der Waals surface area contributed by atoms with Crippen molar-refractivity contribution in [1.82, 2.24) is 9.88 Å². The lowest BCUT2D eigenvalue weighted by Crippen LogP contribution is -2.27. The Bertz CT molecular complexity index is 1970. The van der Waals surface area contributed by atoms with E-state index in [9.17, 15) is 18.0 Å². The molecule has 0 unspecified atom stereocenters. The number of para-hydroxylation sites is 1. The van der Waals surface area contributed by atoms with Crippen LogP contribution in [0.2, 0.25) is 5.02 Å². The Morgan fingerprint density at radius 3 is 2.44 bits per heavy atom. The Labute approximate surface area is 257 Å². The molecule has 0 atom stereocenters. The van der Waals surface area contributed by atoms with Gasteiger partial charge in [-0.1, -0.05) is 59.3 Å². The van der Waals surface area contributed by atoms with Crippen LogP contribution in [0.15, 0.2) is 94.6 Å². The second-order valence-electron chi connectivity index (χ2n) is 9.52. The van der Waals surface area contributed by atoms with Crippen LogP contribution in [-0.2, 0) is 23.0 Å². The highest BCUT2D eigenvalue weighted by Crippen LogP contribution is 2.28. The average molecular weight is 638 g/mol. The summed E-state index contributed by atoms with van der Waals surface area (Å²) in [6, 6.07) is 23.6. The number of hydrogen-bond acceptors (Lipinski definition) is 7. The standard InChI is InChI=1S/C31H28ClN3O6S2/c1-40-27-14-11-20(17-28(27)41-2)15-16-33-30(36)23-8-4-6-10-25(23)34-43(38,39)22-12-13-26-29(18-22)42-31(37)35(26)19-21-7-3-5-9-24(21)32/h3-14,17-18,34H,15-16,19H2,1-2H3,(H,33,36). The van der Waals surface area contributed by atoms with Crippen molar-refractivity contribution < 1.29 is 22.7 Å². The molecule has 0 aliphatic carbocycles. The van der Waals surface area contributed by atoms with Gasteiger partial charge in [-0.05, 0) is 66.1 Å². The van der Waals surface area contributed by atoms with Crippen molar-refractivity contribution in [1.29, 1.82) is 0 Å². The van der Waals surface area contributed by atoms with Gasteiger partial charge in [0.2, 0.25) is 0 Å². The molecule has 5 aromatic rings. The molecule has 5 rings (SSSR count). The topological polar surface area (TPSA) is 116 Å². The Hall–Kier alpha value is -4.32. The first-order valence-electron chi connectivity index (χ1n) is 13.2. The van der Waals surface area contributed by atoms with E-state index in [1.54, 1.807) is 55.2 Å². The molecule has 222 valence electrons. The van der Waals surface area contributed by atoms with Gasteiger partial charge in [-0.15, -0.1) is 0 Å². The van der Waals surface area contributed by atoms with Gasteiger partial charge >= 0.3 is 4.87 Å². The Morgan fingerprint density at radius 2 is 1.67 bits per heavy atom. The van der Waals surface area contributed by atoms with Crippen molar-refractivity contribution >= 4 is 54.8 Å². The number of carbonyl (C=O) groups is 1. The number of fused-ring (bicyclic) bond motifs is 1. The van der Waals surface area contributed by atoms with Gasteiger partial charge in [-0.25, -0.2) is 8.42 Å². The third-order valence-corrected chi connectivity index (χ3v) is 9.47. The van der Waals surface area contributed by atoms with E-state index in [-0.39, 0.29) is 27.6 Å². The molecule has 0 aliphatic heterocycles. The number of thiazole rings is 1. The molecule has 9 nitrogen and oxygen atoms in total. The smallest absolute Gasteiger partial charge is 0.308 e. The fourth-order valence-electron chi connectivity index (χ4n) is 4.59. The third-order valence-electron chi connectivity index (χ3n) is 6.80. The fraction of sp³-hybridized carbons (Fsp3) is 0.161. The van der Waals surface area contributed by atoms with E-state index in [1.807, 2.05) is 30.3 Å². The SMILES string of the molecule is COc1ccc(CCNC(=O)c2ccccc2NS(=O)(=O)c2ccc3c(c2)sc(=O)n3Cc2ccccc2Cl)cc1OC. The van der Waals surface area contributed by atoms with Crippen LogP contribution in [0.25, 0.3) is 10.2 Å². The number of hydrogen-bond donors (Lipinski definition) is 2. The van der Waals surface area contributed by atoms with E-state index < -0.39 is 15.9 Å². The molecule has 1 amide bonds. The maximum Gasteiger partial charge on any atom is 0.308 e. The average Bonchev–Trinajstić information content (AvgIpc) is 3.32. The molecule has 12 heteroatoms. The molecule has 1 heterocycles. The lowest BCUT2D eigenvalue weighted by atomic mass is 10.1. The van der Waals surface area contributed by atoms with Gasteiger partial charge in [0.25, 0.3) is 15.9 Å². The molecule has 0 spiro atoms. The van der Waals surface area contributed by atoms with Gasteiger partial charge < -0.3 is 14.8 Å². The van der Waals surface area contributed by atoms with Crippen molar-refractivity contribution in [3.05, 3.63) is 116 Å². The summed E-state index contributed by atoms with van der Waals surface area (Å²) in [5.74, 6) is 0.775. The highest BCUT2D eigenvalue weighted by molar-refractivity contribution is 7.92. The van der Waals surface area contributed by atoms with E-state index in [0.717, 1.165) is 22.5 Å². The minimum atomic E-state index is -4.09. The molecule has 0 saturated carbocycles. The number of amides is 1. The van der Waals surface area contributed by atoms with Gasteiger partial charge in [-0.2, -0.15) is 0 Å². The maximum atomic E-state index is 13.4. The lowest BCUT2D eigenvalue weighted by Gasteiger charge is -2.13. The molecule has 0 bridgehead atoms. The van der Waals surface area contributed by atoms with E-state index in [0.29, 0.717) is 39.7 Å². The fourth-order valence-corrected chi connectivity index (χ4v) is 6.89. The molecule has 1 aromatic heterocycles. The largest absolute Gasteiger partial charge is 0.493 e. The van der Waals surface area contributed by atoms with Crippen LogP contribution in [0.1, 0.15) is 21.5 Å². The minimum Gasteiger partial charge on any atom is -0.493 e. The van der Waals surface area contributed by atoms with Crippen molar-refractivity contribution in [3.8, 4) is 11.5 Å².